The van der Waals surface area contributed by atoms with Gasteiger partial charge in [-0.25, -0.2) is 4.79 Å². The summed E-state index contributed by atoms with van der Waals surface area (Å²) in [6.45, 7) is 8.80. The van der Waals surface area contributed by atoms with Crippen molar-refractivity contribution < 1.29 is 9.53 Å². The Kier molecular flexibility index (Phi) is 10.7. The first-order valence-corrected chi connectivity index (χ1v) is 7.91. The number of ether oxygens (including phenoxy) is 1. The molecule has 0 rings (SSSR count). The van der Waals surface area contributed by atoms with Gasteiger partial charge in [-0.1, -0.05) is 59.8 Å². The van der Waals surface area contributed by atoms with Gasteiger partial charge < -0.3 is 10.1 Å². The van der Waals surface area contributed by atoms with Gasteiger partial charge in [0.2, 0.25) is 0 Å². The monoisotopic (exact) mass is 271 g/mol. The Bertz CT molecular complexity index is 229. The molecule has 2 atom stereocenters. The fraction of sp³-hybridized carbons (Fsp3) is 0.938. The summed E-state index contributed by atoms with van der Waals surface area (Å²) in [5.41, 5.74) is 0. The van der Waals surface area contributed by atoms with Crippen LogP contribution in [-0.2, 0) is 4.74 Å². The SMILES string of the molecule is CCCCCCC(CCC)C(NC(=O)OC)C(C)C. The van der Waals surface area contributed by atoms with Crippen LogP contribution in [0.4, 0.5) is 4.79 Å². The largest absolute Gasteiger partial charge is 0.453 e. The quantitative estimate of drug-likeness (QED) is 0.582. The maximum atomic E-state index is 11.5. The summed E-state index contributed by atoms with van der Waals surface area (Å²) >= 11 is 0. The number of methoxy groups -OCH3 is 1. The van der Waals surface area contributed by atoms with Crippen LogP contribution in [0, 0.1) is 11.8 Å². The Morgan fingerprint density at radius 1 is 1.05 bits per heavy atom. The zero-order valence-electron chi connectivity index (χ0n) is 13.5. The van der Waals surface area contributed by atoms with Crippen LogP contribution in [-0.4, -0.2) is 19.2 Å². The molecule has 0 spiro atoms. The Labute approximate surface area is 119 Å². The van der Waals surface area contributed by atoms with Gasteiger partial charge in [0, 0.05) is 6.04 Å². The lowest BCUT2D eigenvalue weighted by molar-refractivity contribution is 0.151. The van der Waals surface area contributed by atoms with Crippen LogP contribution in [0.1, 0.15) is 72.6 Å². The third-order valence-corrected chi connectivity index (χ3v) is 3.78. The van der Waals surface area contributed by atoms with Crippen molar-refractivity contribution in [3.05, 3.63) is 0 Å². The van der Waals surface area contributed by atoms with Crippen molar-refractivity contribution in [1.29, 1.82) is 0 Å². The number of carbonyl (C=O) groups is 1. The molecule has 19 heavy (non-hydrogen) atoms. The van der Waals surface area contributed by atoms with Gasteiger partial charge in [0.25, 0.3) is 0 Å². The standard InChI is InChI=1S/C16H33NO2/c1-6-8-9-10-12-14(11-7-2)15(13(3)4)17-16(18)19-5/h13-15H,6-12H2,1-5H3,(H,17,18). The third kappa shape index (κ3) is 8.12. The summed E-state index contributed by atoms with van der Waals surface area (Å²) in [4.78, 5) is 11.5. The summed E-state index contributed by atoms with van der Waals surface area (Å²) in [6.07, 6.45) is 8.42. The Balaban J connectivity index is 4.43. The highest BCUT2D eigenvalue weighted by atomic mass is 16.5. The molecule has 1 amide bonds. The fourth-order valence-electron chi connectivity index (χ4n) is 2.73. The van der Waals surface area contributed by atoms with Gasteiger partial charge in [-0.3, -0.25) is 0 Å². The van der Waals surface area contributed by atoms with Gasteiger partial charge in [0.1, 0.15) is 0 Å². The van der Waals surface area contributed by atoms with Crippen LogP contribution in [0.5, 0.6) is 0 Å². The second kappa shape index (κ2) is 11.1. The maximum absolute atomic E-state index is 11.5. The topological polar surface area (TPSA) is 38.3 Å². The van der Waals surface area contributed by atoms with E-state index in [1.54, 1.807) is 0 Å². The summed E-state index contributed by atoms with van der Waals surface area (Å²) < 4.78 is 4.75. The van der Waals surface area contributed by atoms with Crippen molar-refractivity contribution in [1.82, 2.24) is 5.32 Å². The molecule has 0 aromatic heterocycles. The molecule has 0 aliphatic heterocycles. The van der Waals surface area contributed by atoms with Gasteiger partial charge >= 0.3 is 6.09 Å². The minimum Gasteiger partial charge on any atom is -0.453 e. The average Bonchev–Trinajstić information content (AvgIpc) is 2.39. The molecule has 0 radical (unpaired) electrons. The van der Waals surface area contributed by atoms with Crippen LogP contribution < -0.4 is 5.32 Å². The van der Waals surface area contributed by atoms with Gasteiger partial charge in [0.05, 0.1) is 7.11 Å². The molecule has 3 heteroatoms. The Hall–Kier alpha value is -0.730. The molecule has 0 bridgehead atoms. The minimum atomic E-state index is -0.298. The van der Waals surface area contributed by atoms with E-state index in [0.717, 1.165) is 0 Å². The lowest BCUT2D eigenvalue weighted by Gasteiger charge is -2.30. The molecule has 0 fully saturated rings. The fourth-order valence-corrected chi connectivity index (χ4v) is 2.73. The Morgan fingerprint density at radius 3 is 2.21 bits per heavy atom. The number of alkyl carbamates (subject to hydrolysis) is 1. The molecule has 1 N–H and O–H groups in total. The van der Waals surface area contributed by atoms with E-state index in [1.807, 2.05) is 0 Å². The highest BCUT2D eigenvalue weighted by Gasteiger charge is 2.25. The first-order valence-electron chi connectivity index (χ1n) is 7.91. The lowest BCUT2D eigenvalue weighted by Crippen LogP contribution is -2.43. The smallest absolute Gasteiger partial charge is 0.407 e. The average molecular weight is 271 g/mol. The van der Waals surface area contributed by atoms with Gasteiger partial charge in [-0.05, 0) is 24.7 Å². The summed E-state index contributed by atoms with van der Waals surface area (Å²) in [6, 6.07) is 0.231. The normalized spacial score (nSPS) is 14.2. The molecule has 0 aliphatic rings. The van der Waals surface area contributed by atoms with Crippen molar-refractivity contribution in [3.8, 4) is 0 Å². The molecular formula is C16H33NO2. The molecule has 114 valence electrons. The number of hydrogen-bond acceptors (Lipinski definition) is 2. The molecule has 0 saturated carbocycles. The highest BCUT2D eigenvalue weighted by Crippen LogP contribution is 2.24. The molecule has 0 aromatic carbocycles. The zero-order chi connectivity index (χ0) is 14.7. The summed E-state index contributed by atoms with van der Waals surface area (Å²) in [5, 5.41) is 3.03. The van der Waals surface area contributed by atoms with E-state index >= 15 is 0 Å². The van der Waals surface area contributed by atoms with Gasteiger partial charge in [0.15, 0.2) is 0 Å². The minimum absolute atomic E-state index is 0.231. The third-order valence-electron chi connectivity index (χ3n) is 3.78. The predicted octanol–water partition coefficient (Wildman–Crippen LogP) is 4.75. The molecule has 0 aliphatic carbocycles. The van der Waals surface area contributed by atoms with E-state index in [2.05, 4.69) is 33.0 Å². The van der Waals surface area contributed by atoms with E-state index in [-0.39, 0.29) is 12.1 Å². The van der Waals surface area contributed by atoms with Gasteiger partial charge in [-0.15, -0.1) is 0 Å². The van der Waals surface area contributed by atoms with Crippen molar-refractivity contribution >= 4 is 6.09 Å². The van der Waals surface area contributed by atoms with Gasteiger partial charge in [-0.2, -0.15) is 0 Å². The van der Waals surface area contributed by atoms with Crippen molar-refractivity contribution in [3.63, 3.8) is 0 Å². The van der Waals surface area contributed by atoms with E-state index in [1.165, 1.54) is 52.1 Å². The van der Waals surface area contributed by atoms with Crippen LogP contribution in [0.3, 0.4) is 0 Å². The van der Waals surface area contributed by atoms with E-state index in [0.29, 0.717) is 11.8 Å². The first-order chi connectivity index (χ1) is 9.06. The predicted molar refractivity (Wildman–Crippen MR) is 81.3 cm³/mol. The maximum Gasteiger partial charge on any atom is 0.407 e. The summed E-state index contributed by atoms with van der Waals surface area (Å²) in [7, 11) is 1.43. The van der Waals surface area contributed by atoms with Crippen molar-refractivity contribution in [2.75, 3.05) is 7.11 Å². The van der Waals surface area contributed by atoms with Crippen molar-refractivity contribution in [2.24, 2.45) is 11.8 Å². The van der Waals surface area contributed by atoms with Crippen LogP contribution in [0.15, 0.2) is 0 Å². The number of nitrogens with one attached hydrogen (secondary N) is 1. The van der Waals surface area contributed by atoms with E-state index < -0.39 is 0 Å². The lowest BCUT2D eigenvalue weighted by atomic mass is 9.83. The number of carbonyl (C=O) groups excluding carboxylic acids is 1. The zero-order valence-corrected chi connectivity index (χ0v) is 13.5. The number of amides is 1. The molecule has 0 heterocycles. The number of unbranched alkanes of at least 4 members (excludes halogenated alkanes) is 3. The first kappa shape index (κ1) is 18.3. The van der Waals surface area contributed by atoms with Crippen LogP contribution in [0.2, 0.25) is 0 Å². The highest BCUT2D eigenvalue weighted by molar-refractivity contribution is 5.67. The Morgan fingerprint density at radius 2 is 1.74 bits per heavy atom. The number of hydrogen-bond donors (Lipinski definition) is 1. The molecule has 2 unspecified atom stereocenters. The molecule has 0 saturated heterocycles. The summed E-state index contributed by atoms with van der Waals surface area (Å²) in [5.74, 6) is 1.02. The van der Waals surface area contributed by atoms with Crippen molar-refractivity contribution in [2.45, 2.75) is 78.7 Å². The molecule has 3 nitrogen and oxygen atoms in total. The molecule has 0 aromatic rings. The van der Waals surface area contributed by atoms with Crippen LogP contribution in [0.25, 0.3) is 0 Å². The second-order valence-electron chi connectivity index (χ2n) is 5.80. The van der Waals surface area contributed by atoms with E-state index in [4.69, 9.17) is 4.74 Å². The second-order valence-corrected chi connectivity index (χ2v) is 5.80. The van der Waals surface area contributed by atoms with Crippen LogP contribution >= 0.6 is 0 Å². The molecular weight excluding hydrogens is 238 g/mol. The number of rotatable bonds is 10. The van der Waals surface area contributed by atoms with E-state index in [9.17, 15) is 4.79 Å².